The number of imidazole rings is 2. The highest BCUT2D eigenvalue weighted by Gasteiger charge is 2.35. The Morgan fingerprint density at radius 2 is 2.04 bits per heavy atom. The molecule has 7 nitrogen and oxygen atoms in total. The first-order valence-corrected chi connectivity index (χ1v) is 9.51. The lowest BCUT2D eigenvalue weighted by atomic mass is 10.1. The Bertz CT molecular complexity index is 973. The third-order valence-corrected chi connectivity index (χ3v) is 5.41. The minimum absolute atomic E-state index is 0.0313. The van der Waals surface area contributed by atoms with Crippen LogP contribution in [0.4, 0.5) is 0 Å². The van der Waals surface area contributed by atoms with Gasteiger partial charge in [-0.1, -0.05) is 12.1 Å². The number of ether oxygens (including phenoxy) is 1. The average molecular weight is 379 g/mol. The third-order valence-electron chi connectivity index (χ3n) is 5.41. The quantitative estimate of drug-likeness (QED) is 0.684. The van der Waals surface area contributed by atoms with Gasteiger partial charge < -0.3 is 18.8 Å². The molecule has 146 valence electrons. The maximum absolute atomic E-state index is 13.1. The number of hydrogen-bond donors (Lipinski definition) is 0. The zero-order valence-corrected chi connectivity index (χ0v) is 16.5. The highest BCUT2D eigenvalue weighted by atomic mass is 16.5. The lowest BCUT2D eigenvalue weighted by Crippen LogP contribution is -2.33. The first-order valence-electron chi connectivity index (χ1n) is 9.51. The lowest BCUT2D eigenvalue weighted by Gasteiger charge is -2.25. The van der Waals surface area contributed by atoms with E-state index in [-0.39, 0.29) is 11.9 Å². The Labute approximate surface area is 164 Å². The molecule has 1 aliphatic rings. The molecule has 1 saturated heterocycles. The van der Waals surface area contributed by atoms with Gasteiger partial charge in [-0.15, -0.1) is 0 Å². The van der Waals surface area contributed by atoms with Crippen molar-refractivity contribution in [2.75, 3.05) is 13.7 Å². The van der Waals surface area contributed by atoms with Crippen LogP contribution >= 0.6 is 0 Å². The van der Waals surface area contributed by atoms with E-state index in [1.807, 2.05) is 30.3 Å². The van der Waals surface area contributed by atoms with Gasteiger partial charge in [0.05, 0.1) is 13.2 Å². The number of likely N-dealkylation sites (tertiary alicyclic amines) is 1. The largest absolute Gasteiger partial charge is 0.497 e. The van der Waals surface area contributed by atoms with Gasteiger partial charge in [-0.2, -0.15) is 0 Å². The van der Waals surface area contributed by atoms with Crippen LogP contribution < -0.4 is 4.74 Å². The van der Waals surface area contributed by atoms with Crippen molar-refractivity contribution < 1.29 is 9.53 Å². The van der Waals surface area contributed by atoms with E-state index >= 15 is 0 Å². The first-order chi connectivity index (χ1) is 13.6. The van der Waals surface area contributed by atoms with Crippen LogP contribution in [0.25, 0.3) is 0 Å². The fourth-order valence-corrected chi connectivity index (χ4v) is 3.84. The van der Waals surface area contributed by atoms with Crippen molar-refractivity contribution in [1.29, 1.82) is 0 Å². The molecule has 0 N–H and O–H groups in total. The van der Waals surface area contributed by atoms with Crippen LogP contribution in [0, 0.1) is 6.92 Å². The molecule has 1 unspecified atom stereocenters. The number of carbonyl (C=O) groups excluding carboxylic acids is 1. The maximum Gasteiger partial charge on any atom is 0.290 e. The Morgan fingerprint density at radius 1 is 1.25 bits per heavy atom. The number of benzene rings is 1. The molecule has 1 aromatic carbocycles. The van der Waals surface area contributed by atoms with Gasteiger partial charge in [-0.05, 0) is 37.5 Å². The lowest BCUT2D eigenvalue weighted by molar-refractivity contribution is 0.0711. The van der Waals surface area contributed by atoms with E-state index in [9.17, 15) is 4.79 Å². The van der Waals surface area contributed by atoms with Crippen LogP contribution in [0.1, 0.15) is 46.6 Å². The molecule has 3 aromatic rings. The van der Waals surface area contributed by atoms with E-state index in [1.54, 1.807) is 24.1 Å². The van der Waals surface area contributed by atoms with Crippen LogP contribution in [0.15, 0.2) is 42.9 Å². The summed E-state index contributed by atoms with van der Waals surface area (Å²) in [6, 6.07) is 8.03. The van der Waals surface area contributed by atoms with Crippen LogP contribution in [0.5, 0.6) is 5.75 Å². The fraction of sp³-hybridized carbons (Fsp3) is 0.381. The average Bonchev–Trinajstić information content (AvgIpc) is 3.43. The number of aryl methyl sites for hydroxylation is 2. The molecule has 7 heteroatoms. The van der Waals surface area contributed by atoms with Gasteiger partial charge in [0, 0.05) is 44.4 Å². The van der Waals surface area contributed by atoms with Crippen molar-refractivity contribution in [3.8, 4) is 5.75 Å². The number of methoxy groups -OCH3 is 1. The van der Waals surface area contributed by atoms with Gasteiger partial charge in [-0.25, -0.2) is 9.97 Å². The summed E-state index contributed by atoms with van der Waals surface area (Å²) in [7, 11) is 3.51. The highest BCUT2D eigenvalue weighted by Crippen LogP contribution is 2.33. The number of amides is 1. The summed E-state index contributed by atoms with van der Waals surface area (Å²) in [6.07, 6.45) is 7.23. The highest BCUT2D eigenvalue weighted by molar-refractivity contribution is 5.91. The Balaban J connectivity index is 1.61. The summed E-state index contributed by atoms with van der Waals surface area (Å²) >= 11 is 0. The molecule has 4 rings (SSSR count). The van der Waals surface area contributed by atoms with Gasteiger partial charge in [0.1, 0.15) is 11.6 Å². The van der Waals surface area contributed by atoms with E-state index in [4.69, 9.17) is 4.74 Å². The molecule has 1 atom stereocenters. The standard InChI is InChI=1S/C21H25N5O2/c1-15-13-23-19(26(15)14-16-6-8-17(28-3)9-7-16)18-5-4-11-25(18)21(27)20-22-10-12-24(20)2/h6-10,12-13,18H,4-5,11,14H2,1-3H3. The van der Waals surface area contributed by atoms with Crippen molar-refractivity contribution in [2.45, 2.75) is 32.4 Å². The molecule has 0 radical (unpaired) electrons. The second kappa shape index (κ2) is 7.50. The molecule has 0 aliphatic carbocycles. The van der Waals surface area contributed by atoms with Crippen molar-refractivity contribution in [2.24, 2.45) is 7.05 Å². The number of hydrogen-bond acceptors (Lipinski definition) is 4. The predicted molar refractivity (Wildman–Crippen MR) is 105 cm³/mol. The van der Waals surface area contributed by atoms with Gasteiger partial charge in [0.2, 0.25) is 0 Å². The molecule has 28 heavy (non-hydrogen) atoms. The van der Waals surface area contributed by atoms with Crippen molar-refractivity contribution in [3.63, 3.8) is 0 Å². The second-order valence-corrected chi connectivity index (χ2v) is 7.21. The molecular formula is C21H25N5O2. The minimum Gasteiger partial charge on any atom is -0.497 e. The van der Waals surface area contributed by atoms with Gasteiger partial charge in [-0.3, -0.25) is 4.79 Å². The van der Waals surface area contributed by atoms with E-state index in [1.165, 1.54) is 5.56 Å². The fourth-order valence-electron chi connectivity index (χ4n) is 3.84. The maximum atomic E-state index is 13.1. The molecule has 1 fully saturated rings. The molecule has 0 bridgehead atoms. The summed E-state index contributed by atoms with van der Waals surface area (Å²) in [5.41, 5.74) is 2.25. The molecule has 1 amide bonds. The van der Waals surface area contributed by atoms with E-state index in [2.05, 4.69) is 33.6 Å². The summed E-state index contributed by atoms with van der Waals surface area (Å²) < 4.78 is 9.22. The van der Waals surface area contributed by atoms with Crippen LogP contribution in [-0.2, 0) is 13.6 Å². The second-order valence-electron chi connectivity index (χ2n) is 7.21. The topological polar surface area (TPSA) is 65.2 Å². The SMILES string of the molecule is COc1ccc(Cn2c(C)cnc2C2CCCN2C(=O)c2nccn2C)cc1. The Hall–Kier alpha value is -3.09. The zero-order chi connectivity index (χ0) is 19.7. The number of rotatable bonds is 5. The van der Waals surface area contributed by atoms with Crippen molar-refractivity contribution in [3.05, 3.63) is 65.8 Å². The molecule has 1 aliphatic heterocycles. The van der Waals surface area contributed by atoms with E-state index < -0.39 is 0 Å². The number of carbonyl (C=O) groups is 1. The van der Waals surface area contributed by atoms with Crippen LogP contribution in [0.2, 0.25) is 0 Å². The van der Waals surface area contributed by atoms with Gasteiger partial charge in [0.15, 0.2) is 5.82 Å². The summed E-state index contributed by atoms with van der Waals surface area (Å²) in [6.45, 7) is 3.50. The minimum atomic E-state index is -0.0355. The van der Waals surface area contributed by atoms with Gasteiger partial charge in [0.25, 0.3) is 5.91 Å². The first kappa shape index (κ1) is 18.3. The Kier molecular flexibility index (Phi) is 4.90. The summed E-state index contributed by atoms with van der Waals surface area (Å²) in [5, 5.41) is 0. The zero-order valence-electron chi connectivity index (χ0n) is 16.5. The molecule has 0 saturated carbocycles. The van der Waals surface area contributed by atoms with Crippen LogP contribution in [-0.4, -0.2) is 43.6 Å². The van der Waals surface area contributed by atoms with Crippen LogP contribution in [0.3, 0.4) is 0 Å². The molecular weight excluding hydrogens is 354 g/mol. The monoisotopic (exact) mass is 379 g/mol. The molecule has 3 heterocycles. The van der Waals surface area contributed by atoms with Gasteiger partial charge >= 0.3 is 0 Å². The van der Waals surface area contributed by atoms with Crippen molar-refractivity contribution >= 4 is 5.91 Å². The molecule has 2 aromatic heterocycles. The summed E-state index contributed by atoms with van der Waals surface area (Å²) in [5.74, 6) is 2.21. The predicted octanol–water partition coefficient (Wildman–Crippen LogP) is 2.96. The third kappa shape index (κ3) is 3.28. The normalized spacial score (nSPS) is 16.5. The number of nitrogens with zero attached hydrogens (tertiary/aromatic N) is 5. The van der Waals surface area contributed by atoms with Crippen molar-refractivity contribution in [1.82, 2.24) is 24.0 Å². The molecule has 0 spiro atoms. The van der Waals surface area contributed by atoms with E-state index in [0.717, 1.165) is 36.7 Å². The number of aromatic nitrogens is 4. The smallest absolute Gasteiger partial charge is 0.290 e. The summed E-state index contributed by atoms with van der Waals surface area (Å²) in [4.78, 5) is 23.9. The van der Waals surface area contributed by atoms with E-state index in [0.29, 0.717) is 12.4 Å². The Morgan fingerprint density at radius 3 is 2.71 bits per heavy atom.